The molecule has 32 heavy (non-hydrogen) atoms. The first-order chi connectivity index (χ1) is 15.5. The van der Waals surface area contributed by atoms with Gasteiger partial charge in [-0.3, -0.25) is 9.59 Å². The summed E-state index contributed by atoms with van der Waals surface area (Å²) in [6.45, 7) is 0. The van der Waals surface area contributed by atoms with Crippen molar-refractivity contribution in [2.45, 2.75) is 18.5 Å². The molecule has 1 aromatic heterocycles. The zero-order chi connectivity index (χ0) is 22.5. The Balaban J connectivity index is 1.73. The van der Waals surface area contributed by atoms with Crippen LogP contribution in [-0.4, -0.2) is 38.0 Å². The van der Waals surface area contributed by atoms with Crippen molar-refractivity contribution in [2.24, 2.45) is 0 Å². The highest BCUT2D eigenvalue weighted by Gasteiger charge is 2.30. The highest BCUT2D eigenvalue weighted by atomic mass is 16.4. The molecule has 0 bridgehead atoms. The SMILES string of the molecule is O=C(O)C(Cc1ccccc1)NC(=O)C(c1ccccc1)n1nnc2ccccc2c1=O. The number of fused-ring (bicyclic) bond motifs is 1. The van der Waals surface area contributed by atoms with Crippen molar-refractivity contribution in [3.63, 3.8) is 0 Å². The number of amides is 1. The predicted molar refractivity (Wildman–Crippen MR) is 118 cm³/mol. The highest BCUT2D eigenvalue weighted by molar-refractivity contribution is 5.88. The summed E-state index contributed by atoms with van der Waals surface area (Å²) in [4.78, 5) is 38.3. The molecular formula is C24H20N4O4. The second-order valence-electron chi connectivity index (χ2n) is 7.26. The Bertz CT molecular complexity index is 1310. The normalized spacial score (nSPS) is 12.8. The Morgan fingerprint density at radius 2 is 1.53 bits per heavy atom. The van der Waals surface area contributed by atoms with Crippen molar-refractivity contribution < 1.29 is 14.7 Å². The molecule has 0 saturated carbocycles. The van der Waals surface area contributed by atoms with Crippen LogP contribution in [0, 0.1) is 0 Å². The van der Waals surface area contributed by atoms with Gasteiger partial charge in [-0.05, 0) is 23.3 Å². The minimum atomic E-state index is -1.18. The molecule has 0 aliphatic heterocycles. The summed E-state index contributed by atoms with van der Waals surface area (Å²) in [5.41, 5.74) is 1.17. The van der Waals surface area contributed by atoms with E-state index in [2.05, 4.69) is 15.6 Å². The number of nitrogens with one attached hydrogen (secondary N) is 1. The molecule has 0 aliphatic carbocycles. The quantitative estimate of drug-likeness (QED) is 0.466. The molecule has 2 atom stereocenters. The van der Waals surface area contributed by atoms with Crippen molar-refractivity contribution >= 4 is 22.8 Å². The van der Waals surface area contributed by atoms with Crippen LogP contribution in [0.5, 0.6) is 0 Å². The Hall–Kier alpha value is -4.33. The van der Waals surface area contributed by atoms with E-state index in [1.807, 2.05) is 6.07 Å². The number of aromatic nitrogens is 3. The maximum Gasteiger partial charge on any atom is 0.326 e. The molecule has 160 valence electrons. The number of hydrogen-bond acceptors (Lipinski definition) is 5. The number of nitrogens with zero attached hydrogens (tertiary/aromatic N) is 3. The van der Waals surface area contributed by atoms with E-state index in [0.29, 0.717) is 16.5 Å². The number of hydrogen-bond donors (Lipinski definition) is 2. The summed E-state index contributed by atoms with van der Waals surface area (Å²) in [5, 5.41) is 20.6. The first-order valence-corrected chi connectivity index (χ1v) is 10.0. The van der Waals surface area contributed by atoms with E-state index in [1.165, 1.54) is 0 Å². The monoisotopic (exact) mass is 428 g/mol. The minimum absolute atomic E-state index is 0.0989. The van der Waals surface area contributed by atoms with E-state index < -0.39 is 29.5 Å². The average molecular weight is 428 g/mol. The second-order valence-corrected chi connectivity index (χ2v) is 7.26. The van der Waals surface area contributed by atoms with Crippen molar-refractivity contribution in [3.05, 3.63) is 106 Å². The molecule has 2 N–H and O–H groups in total. The molecule has 0 aliphatic rings. The van der Waals surface area contributed by atoms with E-state index in [9.17, 15) is 19.5 Å². The van der Waals surface area contributed by atoms with Crippen LogP contribution in [0.2, 0.25) is 0 Å². The number of carboxylic acid groups (broad SMARTS) is 1. The van der Waals surface area contributed by atoms with Crippen molar-refractivity contribution in [3.8, 4) is 0 Å². The number of aliphatic carboxylic acids is 1. The van der Waals surface area contributed by atoms with Crippen LogP contribution >= 0.6 is 0 Å². The van der Waals surface area contributed by atoms with Crippen molar-refractivity contribution in [1.29, 1.82) is 0 Å². The second kappa shape index (κ2) is 9.22. The van der Waals surface area contributed by atoms with Gasteiger partial charge in [-0.2, -0.15) is 4.68 Å². The average Bonchev–Trinajstić information content (AvgIpc) is 2.82. The fraction of sp³-hybridized carbons (Fsp3) is 0.125. The summed E-state index contributed by atoms with van der Waals surface area (Å²) >= 11 is 0. The van der Waals surface area contributed by atoms with Crippen molar-refractivity contribution in [1.82, 2.24) is 20.3 Å². The van der Waals surface area contributed by atoms with Crippen molar-refractivity contribution in [2.75, 3.05) is 0 Å². The highest BCUT2D eigenvalue weighted by Crippen LogP contribution is 2.18. The summed E-state index contributed by atoms with van der Waals surface area (Å²) in [7, 11) is 0. The Labute approximate surface area is 183 Å². The van der Waals surface area contributed by atoms with Gasteiger partial charge in [0, 0.05) is 6.42 Å². The van der Waals surface area contributed by atoms with Gasteiger partial charge in [0.05, 0.1) is 5.39 Å². The van der Waals surface area contributed by atoms with Crippen LogP contribution in [0.1, 0.15) is 17.2 Å². The number of carboxylic acids is 1. The predicted octanol–water partition coefficient (Wildman–Crippen LogP) is 2.19. The first-order valence-electron chi connectivity index (χ1n) is 10.0. The van der Waals surface area contributed by atoms with Gasteiger partial charge in [0.1, 0.15) is 11.6 Å². The zero-order valence-corrected chi connectivity index (χ0v) is 17.0. The lowest BCUT2D eigenvalue weighted by molar-refractivity contribution is -0.142. The van der Waals surface area contributed by atoms with E-state index in [4.69, 9.17) is 0 Å². The fourth-order valence-electron chi connectivity index (χ4n) is 3.51. The lowest BCUT2D eigenvalue weighted by atomic mass is 10.0. The summed E-state index contributed by atoms with van der Waals surface area (Å²) in [5.74, 6) is -1.84. The molecule has 0 spiro atoms. The standard InChI is InChI=1S/C24H20N4O4/c29-22(25-20(24(31)32)15-16-9-3-1-4-10-16)21(17-11-5-2-6-12-17)28-23(30)18-13-7-8-14-19(18)26-27-28/h1-14,20-21H,15H2,(H,25,29)(H,31,32). The molecular weight excluding hydrogens is 408 g/mol. The smallest absolute Gasteiger partial charge is 0.326 e. The van der Waals surface area contributed by atoms with Crippen LogP contribution < -0.4 is 10.9 Å². The van der Waals surface area contributed by atoms with Crippen LogP contribution in [-0.2, 0) is 16.0 Å². The molecule has 0 fully saturated rings. The molecule has 0 saturated heterocycles. The Kier molecular flexibility index (Phi) is 6.03. The molecule has 1 amide bonds. The maximum absolute atomic E-state index is 13.3. The first kappa shape index (κ1) is 20.9. The lowest BCUT2D eigenvalue weighted by Crippen LogP contribution is -2.47. The van der Waals surface area contributed by atoms with Gasteiger partial charge in [-0.15, -0.1) is 5.10 Å². The van der Waals surface area contributed by atoms with E-state index in [-0.39, 0.29) is 6.42 Å². The summed E-state index contributed by atoms with van der Waals surface area (Å²) < 4.78 is 0.994. The maximum atomic E-state index is 13.3. The molecule has 1 heterocycles. The van der Waals surface area contributed by atoms with Gasteiger partial charge in [0.15, 0.2) is 6.04 Å². The fourth-order valence-corrected chi connectivity index (χ4v) is 3.51. The molecule has 3 aromatic carbocycles. The van der Waals surface area contributed by atoms with Gasteiger partial charge >= 0.3 is 5.97 Å². The lowest BCUT2D eigenvalue weighted by Gasteiger charge is -2.21. The Morgan fingerprint density at radius 3 is 2.22 bits per heavy atom. The molecule has 8 heteroatoms. The molecule has 0 radical (unpaired) electrons. The van der Waals surface area contributed by atoms with Crippen LogP contribution in [0.4, 0.5) is 0 Å². The van der Waals surface area contributed by atoms with E-state index >= 15 is 0 Å². The van der Waals surface area contributed by atoms with Crippen LogP contribution in [0.3, 0.4) is 0 Å². The van der Waals surface area contributed by atoms with Gasteiger partial charge < -0.3 is 10.4 Å². The van der Waals surface area contributed by atoms with Gasteiger partial charge in [-0.1, -0.05) is 78.0 Å². The Morgan fingerprint density at radius 1 is 0.906 bits per heavy atom. The third-order valence-corrected chi connectivity index (χ3v) is 5.10. The third kappa shape index (κ3) is 4.39. The largest absolute Gasteiger partial charge is 0.480 e. The van der Waals surface area contributed by atoms with E-state index in [1.54, 1.807) is 78.9 Å². The van der Waals surface area contributed by atoms with E-state index in [0.717, 1.165) is 10.2 Å². The number of rotatable bonds is 7. The summed E-state index contributed by atoms with van der Waals surface area (Å²) in [6, 6.07) is 22.0. The zero-order valence-electron chi connectivity index (χ0n) is 17.0. The summed E-state index contributed by atoms with van der Waals surface area (Å²) in [6.07, 6.45) is 0.0989. The third-order valence-electron chi connectivity index (χ3n) is 5.10. The number of carbonyl (C=O) groups excluding carboxylic acids is 1. The number of benzene rings is 3. The van der Waals surface area contributed by atoms with Crippen LogP contribution in [0.25, 0.3) is 10.9 Å². The topological polar surface area (TPSA) is 114 Å². The van der Waals surface area contributed by atoms with Gasteiger partial charge in [0.2, 0.25) is 5.91 Å². The molecule has 4 rings (SSSR count). The molecule has 2 unspecified atom stereocenters. The van der Waals surface area contributed by atoms with Gasteiger partial charge in [0.25, 0.3) is 5.56 Å². The molecule has 4 aromatic rings. The number of carbonyl (C=O) groups is 2. The van der Waals surface area contributed by atoms with Gasteiger partial charge in [-0.25, -0.2) is 4.79 Å². The molecule has 8 nitrogen and oxygen atoms in total. The van der Waals surface area contributed by atoms with Crippen LogP contribution in [0.15, 0.2) is 89.7 Å². The minimum Gasteiger partial charge on any atom is -0.480 e.